The molecule has 0 aliphatic rings. The monoisotopic (exact) mass is 343 g/mol. The zero-order chi connectivity index (χ0) is 17.6. The number of hydrogen-bond donors (Lipinski definition) is 1. The normalized spacial score (nSPS) is 11.2. The molecule has 0 spiro atoms. The molecule has 1 aromatic carbocycles. The predicted molar refractivity (Wildman–Crippen MR) is 88.7 cm³/mol. The highest BCUT2D eigenvalue weighted by atomic mass is 35.5. The fourth-order valence-electron chi connectivity index (χ4n) is 1.99. The Morgan fingerprint density at radius 2 is 2.13 bits per heavy atom. The van der Waals surface area contributed by atoms with Crippen LogP contribution in [0.1, 0.15) is 20.3 Å². The summed E-state index contributed by atoms with van der Waals surface area (Å²) >= 11 is 5.73. The van der Waals surface area contributed by atoms with E-state index in [1.165, 1.54) is 18.2 Å². The molecule has 0 fully saturated rings. The summed E-state index contributed by atoms with van der Waals surface area (Å²) in [6.45, 7) is 5.00. The van der Waals surface area contributed by atoms with Crippen LogP contribution >= 0.6 is 11.6 Å². The molecule has 0 atom stereocenters. The molecule has 0 aliphatic heterocycles. The SMILES string of the molecule is CN(CC(C)(C)CN)C(=O)CCOc1ccc(Cl)cc1[N+](=O)[O-]. The van der Waals surface area contributed by atoms with E-state index in [1.807, 2.05) is 13.8 Å². The number of amides is 1. The molecule has 0 bridgehead atoms. The maximum absolute atomic E-state index is 12.0. The van der Waals surface area contributed by atoms with Gasteiger partial charge in [-0.1, -0.05) is 25.4 Å². The van der Waals surface area contributed by atoms with E-state index in [1.54, 1.807) is 11.9 Å². The number of ether oxygens (including phenoxy) is 1. The highest BCUT2D eigenvalue weighted by molar-refractivity contribution is 6.30. The fraction of sp³-hybridized carbons (Fsp3) is 0.533. The number of benzene rings is 1. The minimum Gasteiger partial charge on any atom is -0.486 e. The first-order chi connectivity index (χ1) is 10.7. The van der Waals surface area contributed by atoms with Crippen molar-refractivity contribution < 1.29 is 14.5 Å². The smallest absolute Gasteiger partial charge is 0.312 e. The first-order valence-electron chi connectivity index (χ1n) is 7.17. The van der Waals surface area contributed by atoms with E-state index >= 15 is 0 Å². The van der Waals surface area contributed by atoms with Gasteiger partial charge in [-0.05, 0) is 24.1 Å². The summed E-state index contributed by atoms with van der Waals surface area (Å²) in [6, 6.07) is 4.14. The number of carbonyl (C=O) groups excluding carboxylic acids is 1. The lowest BCUT2D eigenvalue weighted by atomic mass is 9.93. The minimum absolute atomic E-state index is 0.0503. The molecule has 0 aliphatic carbocycles. The molecule has 1 rings (SSSR count). The molecule has 0 saturated heterocycles. The molecule has 0 radical (unpaired) electrons. The Morgan fingerprint density at radius 3 is 2.70 bits per heavy atom. The maximum Gasteiger partial charge on any atom is 0.312 e. The van der Waals surface area contributed by atoms with E-state index in [0.717, 1.165) is 0 Å². The van der Waals surface area contributed by atoms with Crippen LogP contribution in [0.15, 0.2) is 18.2 Å². The van der Waals surface area contributed by atoms with E-state index in [4.69, 9.17) is 22.1 Å². The van der Waals surface area contributed by atoms with Crippen LogP contribution in [0.2, 0.25) is 5.02 Å². The lowest BCUT2D eigenvalue weighted by Crippen LogP contribution is -2.40. The molecule has 8 heteroatoms. The predicted octanol–water partition coefficient (Wildman–Crippen LogP) is 2.46. The average Bonchev–Trinajstić information content (AvgIpc) is 2.47. The number of carbonyl (C=O) groups is 1. The van der Waals surface area contributed by atoms with Gasteiger partial charge in [-0.2, -0.15) is 0 Å². The third-order valence-corrected chi connectivity index (χ3v) is 3.57. The molecular weight excluding hydrogens is 322 g/mol. The summed E-state index contributed by atoms with van der Waals surface area (Å²) in [5.74, 6) is -0.0136. The molecule has 128 valence electrons. The first kappa shape index (κ1) is 19.2. The summed E-state index contributed by atoms with van der Waals surface area (Å²) in [7, 11) is 1.70. The Hall–Kier alpha value is -1.86. The van der Waals surface area contributed by atoms with Gasteiger partial charge in [0.2, 0.25) is 5.91 Å². The summed E-state index contributed by atoms with van der Waals surface area (Å²) in [4.78, 5) is 24.0. The van der Waals surface area contributed by atoms with Gasteiger partial charge in [0.15, 0.2) is 5.75 Å². The van der Waals surface area contributed by atoms with Gasteiger partial charge < -0.3 is 15.4 Å². The van der Waals surface area contributed by atoms with Crippen LogP contribution in [0.5, 0.6) is 5.75 Å². The quantitative estimate of drug-likeness (QED) is 0.577. The van der Waals surface area contributed by atoms with E-state index in [-0.39, 0.29) is 40.8 Å². The van der Waals surface area contributed by atoms with Crippen LogP contribution in [0.3, 0.4) is 0 Å². The van der Waals surface area contributed by atoms with E-state index in [0.29, 0.717) is 13.1 Å². The molecule has 1 aromatic rings. The zero-order valence-electron chi connectivity index (χ0n) is 13.5. The lowest BCUT2D eigenvalue weighted by Gasteiger charge is -2.29. The summed E-state index contributed by atoms with van der Waals surface area (Å²) in [6.07, 6.45) is 0.122. The van der Waals surface area contributed by atoms with Crippen LogP contribution < -0.4 is 10.5 Å². The van der Waals surface area contributed by atoms with E-state index < -0.39 is 4.92 Å². The Kier molecular flexibility index (Phi) is 6.78. The highest BCUT2D eigenvalue weighted by Crippen LogP contribution is 2.29. The van der Waals surface area contributed by atoms with Crippen molar-refractivity contribution in [3.05, 3.63) is 33.3 Å². The topological polar surface area (TPSA) is 98.7 Å². The van der Waals surface area contributed by atoms with Crippen LogP contribution in [-0.4, -0.2) is 42.5 Å². The summed E-state index contributed by atoms with van der Waals surface area (Å²) < 4.78 is 5.36. The number of nitro benzene ring substituents is 1. The fourth-order valence-corrected chi connectivity index (χ4v) is 2.16. The highest BCUT2D eigenvalue weighted by Gasteiger charge is 2.21. The van der Waals surface area contributed by atoms with Gasteiger partial charge >= 0.3 is 5.69 Å². The largest absolute Gasteiger partial charge is 0.486 e. The Bertz CT molecular complexity index is 578. The third-order valence-electron chi connectivity index (χ3n) is 3.33. The molecule has 0 heterocycles. The van der Waals surface area contributed by atoms with Crippen LogP contribution in [0.4, 0.5) is 5.69 Å². The van der Waals surface area contributed by atoms with Crippen molar-refractivity contribution in [3.63, 3.8) is 0 Å². The molecule has 0 saturated carbocycles. The van der Waals surface area contributed by atoms with Crippen LogP contribution in [0.25, 0.3) is 0 Å². The second-order valence-corrected chi connectivity index (χ2v) is 6.52. The second-order valence-electron chi connectivity index (χ2n) is 6.09. The number of nitrogens with zero attached hydrogens (tertiary/aromatic N) is 2. The second kappa shape index (κ2) is 8.12. The molecule has 23 heavy (non-hydrogen) atoms. The van der Waals surface area contributed by atoms with Gasteiger partial charge in [0.05, 0.1) is 18.0 Å². The average molecular weight is 344 g/mol. The number of rotatable bonds is 8. The van der Waals surface area contributed by atoms with Gasteiger partial charge in [-0.15, -0.1) is 0 Å². The van der Waals surface area contributed by atoms with Crippen molar-refractivity contribution in [1.29, 1.82) is 0 Å². The van der Waals surface area contributed by atoms with Gasteiger partial charge in [-0.3, -0.25) is 14.9 Å². The molecule has 0 unspecified atom stereocenters. The molecule has 7 nitrogen and oxygen atoms in total. The van der Waals surface area contributed by atoms with Crippen molar-refractivity contribution >= 4 is 23.2 Å². The van der Waals surface area contributed by atoms with Crippen molar-refractivity contribution in [2.75, 3.05) is 26.7 Å². The summed E-state index contributed by atoms with van der Waals surface area (Å²) in [5.41, 5.74) is 5.26. The van der Waals surface area contributed by atoms with E-state index in [2.05, 4.69) is 0 Å². The maximum atomic E-state index is 12.0. The molecule has 1 amide bonds. The Morgan fingerprint density at radius 1 is 1.48 bits per heavy atom. The van der Waals surface area contributed by atoms with Crippen LogP contribution in [-0.2, 0) is 4.79 Å². The molecule has 0 aromatic heterocycles. The van der Waals surface area contributed by atoms with Gasteiger partial charge in [-0.25, -0.2) is 0 Å². The van der Waals surface area contributed by atoms with Crippen molar-refractivity contribution in [1.82, 2.24) is 4.90 Å². The molecule has 2 N–H and O–H groups in total. The number of halogens is 1. The van der Waals surface area contributed by atoms with Gasteiger partial charge in [0.1, 0.15) is 0 Å². The van der Waals surface area contributed by atoms with Crippen LogP contribution in [0, 0.1) is 15.5 Å². The number of hydrogen-bond acceptors (Lipinski definition) is 5. The molecular formula is C15H22ClN3O4. The zero-order valence-corrected chi connectivity index (χ0v) is 14.3. The van der Waals surface area contributed by atoms with Crippen molar-refractivity contribution in [2.45, 2.75) is 20.3 Å². The third kappa shape index (κ3) is 6.03. The standard InChI is InChI=1S/C15H22ClN3O4/c1-15(2,9-17)10-18(3)14(20)6-7-23-13-5-4-11(16)8-12(13)19(21)22/h4-5,8H,6-7,9-10,17H2,1-3H3. The minimum atomic E-state index is -0.571. The van der Waals surface area contributed by atoms with Crippen molar-refractivity contribution in [2.24, 2.45) is 11.1 Å². The Labute approximate surface area is 140 Å². The number of nitro groups is 1. The van der Waals surface area contributed by atoms with Gasteiger partial charge in [0.25, 0.3) is 0 Å². The van der Waals surface area contributed by atoms with Crippen molar-refractivity contribution in [3.8, 4) is 5.75 Å². The Balaban J connectivity index is 2.57. The lowest BCUT2D eigenvalue weighted by molar-refractivity contribution is -0.385. The summed E-state index contributed by atoms with van der Waals surface area (Å²) in [5, 5.41) is 11.2. The number of nitrogens with two attached hydrogens (primary N) is 1. The first-order valence-corrected chi connectivity index (χ1v) is 7.55. The van der Waals surface area contributed by atoms with E-state index in [9.17, 15) is 14.9 Å². The van der Waals surface area contributed by atoms with Gasteiger partial charge in [0, 0.05) is 24.7 Å².